The number of carbonyl (C=O) groups is 2. The number of benzene rings is 1. The Bertz CT molecular complexity index is 466. The molecule has 0 aliphatic carbocycles. The van der Waals surface area contributed by atoms with Gasteiger partial charge in [0.05, 0.1) is 6.42 Å². The first-order valence-corrected chi connectivity index (χ1v) is 7.08. The van der Waals surface area contributed by atoms with Crippen LogP contribution in [-0.2, 0) is 9.53 Å². The highest BCUT2D eigenvalue weighted by Gasteiger charge is 2.15. The van der Waals surface area contributed by atoms with Crippen molar-refractivity contribution >= 4 is 33.6 Å². The predicted molar refractivity (Wildman–Crippen MR) is 81.6 cm³/mol. The maximum absolute atomic E-state index is 11.6. The van der Waals surface area contributed by atoms with E-state index in [0.29, 0.717) is 5.69 Å². The number of urea groups is 1. The standard InChI is InChI=1S/C14H19BrN2O3/c1-14(2,3)20-12(18)8-9-16-13(19)17-11-6-4-10(15)5-7-11/h4-7H,8-9H2,1-3H3,(H2,16,17,19). The fourth-order valence-corrected chi connectivity index (χ4v) is 1.64. The predicted octanol–water partition coefficient (Wildman–Crippen LogP) is 3.30. The van der Waals surface area contributed by atoms with Crippen molar-refractivity contribution < 1.29 is 14.3 Å². The van der Waals surface area contributed by atoms with Crippen molar-refractivity contribution in [2.45, 2.75) is 32.8 Å². The van der Waals surface area contributed by atoms with E-state index in [0.717, 1.165) is 4.47 Å². The lowest BCUT2D eigenvalue weighted by Gasteiger charge is -2.19. The molecule has 1 aromatic rings. The number of amides is 2. The van der Waals surface area contributed by atoms with E-state index in [4.69, 9.17) is 4.74 Å². The zero-order valence-corrected chi connectivity index (χ0v) is 13.4. The molecule has 0 atom stereocenters. The molecule has 0 saturated heterocycles. The highest BCUT2D eigenvalue weighted by molar-refractivity contribution is 9.10. The summed E-state index contributed by atoms with van der Waals surface area (Å²) in [5.41, 5.74) is 0.180. The zero-order chi connectivity index (χ0) is 15.2. The average Bonchev–Trinajstić information content (AvgIpc) is 2.29. The van der Waals surface area contributed by atoms with Gasteiger partial charge in [-0.25, -0.2) is 4.79 Å². The molecule has 0 spiro atoms. The van der Waals surface area contributed by atoms with Crippen LogP contribution in [0.25, 0.3) is 0 Å². The molecule has 2 N–H and O–H groups in total. The van der Waals surface area contributed by atoms with Gasteiger partial charge in [0.15, 0.2) is 0 Å². The van der Waals surface area contributed by atoms with Crippen molar-refractivity contribution in [1.82, 2.24) is 5.32 Å². The Kier molecular flexibility index (Phi) is 6.01. The molecule has 0 aliphatic heterocycles. The van der Waals surface area contributed by atoms with Crippen molar-refractivity contribution in [2.24, 2.45) is 0 Å². The monoisotopic (exact) mass is 342 g/mol. The Morgan fingerprint density at radius 2 is 1.80 bits per heavy atom. The first kappa shape index (κ1) is 16.5. The Morgan fingerprint density at radius 3 is 2.35 bits per heavy atom. The van der Waals surface area contributed by atoms with E-state index in [9.17, 15) is 9.59 Å². The third kappa shape index (κ3) is 7.13. The topological polar surface area (TPSA) is 67.4 Å². The average molecular weight is 343 g/mol. The van der Waals surface area contributed by atoms with Gasteiger partial charge in [-0.1, -0.05) is 15.9 Å². The summed E-state index contributed by atoms with van der Waals surface area (Å²) in [5, 5.41) is 5.27. The molecule has 1 rings (SSSR count). The van der Waals surface area contributed by atoms with Gasteiger partial charge in [-0.15, -0.1) is 0 Å². The summed E-state index contributed by atoms with van der Waals surface area (Å²) in [7, 11) is 0. The largest absolute Gasteiger partial charge is 0.460 e. The van der Waals surface area contributed by atoms with E-state index < -0.39 is 5.60 Å². The quantitative estimate of drug-likeness (QED) is 0.825. The molecule has 0 fully saturated rings. The van der Waals surface area contributed by atoms with E-state index in [2.05, 4.69) is 26.6 Å². The summed E-state index contributed by atoms with van der Waals surface area (Å²) >= 11 is 3.31. The third-order valence-electron chi connectivity index (χ3n) is 2.14. The molecule has 0 aliphatic rings. The first-order chi connectivity index (χ1) is 9.26. The van der Waals surface area contributed by atoms with Gasteiger partial charge in [-0.2, -0.15) is 0 Å². The van der Waals surface area contributed by atoms with Gasteiger partial charge in [0, 0.05) is 16.7 Å². The highest BCUT2D eigenvalue weighted by Crippen LogP contribution is 2.13. The molecule has 0 bridgehead atoms. The van der Waals surface area contributed by atoms with Gasteiger partial charge in [0.1, 0.15) is 5.60 Å². The normalized spacial score (nSPS) is 10.8. The SMILES string of the molecule is CC(C)(C)OC(=O)CCNC(=O)Nc1ccc(Br)cc1. The third-order valence-corrected chi connectivity index (χ3v) is 2.67. The second-order valence-electron chi connectivity index (χ2n) is 5.22. The number of hydrogen-bond donors (Lipinski definition) is 2. The molecule has 2 amide bonds. The molecule has 0 radical (unpaired) electrons. The second-order valence-corrected chi connectivity index (χ2v) is 6.14. The molecule has 6 heteroatoms. The Labute approximate surface area is 127 Å². The second kappa shape index (κ2) is 7.28. The Morgan fingerprint density at radius 1 is 1.20 bits per heavy atom. The number of ether oxygens (including phenoxy) is 1. The van der Waals surface area contributed by atoms with Crippen LogP contribution in [0.4, 0.5) is 10.5 Å². The van der Waals surface area contributed by atoms with Crippen LogP contribution in [0.2, 0.25) is 0 Å². The van der Waals surface area contributed by atoms with Gasteiger partial charge in [0.2, 0.25) is 0 Å². The lowest BCUT2D eigenvalue weighted by molar-refractivity contribution is -0.154. The van der Waals surface area contributed by atoms with E-state index in [-0.39, 0.29) is 25.0 Å². The van der Waals surface area contributed by atoms with Gasteiger partial charge < -0.3 is 15.4 Å². The van der Waals surface area contributed by atoms with Gasteiger partial charge >= 0.3 is 12.0 Å². The van der Waals surface area contributed by atoms with Crippen LogP contribution in [0.15, 0.2) is 28.7 Å². The van der Waals surface area contributed by atoms with Crippen molar-refractivity contribution in [1.29, 1.82) is 0 Å². The van der Waals surface area contributed by atoms with Crippen molar-refractivity contribution in [2.75, 3.05) is 11.9 Å². The fraction of sp³-hybridized carbons (Fsp3) is 0.429. The van der Waals surface area contributed by atoms with E-state index in [1.165, 1.54) is 0 Å². The minimum Gasteiger partial charge on any atom is -0.460 e. The maximum atomic E-state index is 11.6. The maximum Gasteiger partial charge on any atom is 0.319 e. The molecule has 1 aromatic carbocycles. The van der Waals surface area contributed by atoms with Crippen LogP contribution < -0.4 is 10.6 Å². The first-order valence-electron chi connectivity index (χ1n) is 6.28. The number of esters is 1. The number of hydrogen-bond acceptors (Lipinski definition) is 3. The molecule has 0 heterocycles. The van der Waals surface area contributed by atoms with Crippen LogP contribution in [0, 0.1) is 0 Å². The number of nitrogens with one attached hydrogen (secondary N) is 2. The minimum absolute atomic E-state index is 0.144. The lowest BCUT2D eigenvalue weighted by Crippen LogP contribution is -2.32. The summed E-state index contributed by atoms with van der Waals surface area (Å²) in [6.45, 7) is 5.65. The van der Waals surface area contributed by atoms with Gasteiger partial charge in [-0.05, 0) is 45.0 Å². The Balaban J connectivity index is 2.27. The molecule has 0 aromatic heterocycles. The highest BCUT2D eigenvalue weighted by atomic mass is 79.9. The van der Waals surface area contributed by atoms with Crippen LogP contribution in [0.5, 0.6) is 0 Å². The van der Waals surface area contributed by atoms with Crippen molar-refractivity contribution in [3.63, 3.8) is 0 Å². The number of halogens is 1. The van der Waals surface area contributed by atoms with Gasteiger partial charge in [-0.3, -0.25) is 4.79 Å². The van der Waals surface area contributed by atoms with E-state index >= 15 is 0 Å². The molecular formula is C14H19BrN2O3. The summed E-state index contributed by atoms with van der Waals surface area (Å²) in [6, 6.07) is 6.86. The molecule has 20 heavy (non-hydrogen) atoms. The minimum atomic E-state index is -0.503. The lowest BCUT2D eigenvalue weighted by atomic mass is 10.2. The summed E-state index contributed by atoms with van der Waals surface area (Å²) in [6.07, 6.45) is 0.144. The molecule has 0 unspecified atom stereocenters. The van der Waals surface area contributed by atoms with Crippen LogP contribution >= 0.6 is 15.9 Å². The smallest absolute Gasteiger partial charge is 0.319 e. The number of carbonyl (C=O) groups excluding carboxylic acids is 2. The van der Waals surface area contributed by atoms with Crippen LogP contribution in [0.3, 0.4) is 0 Å². The fourth-order valence-electron chi connectivity index (χ4n) is 1.38. The van der Waals surface area contributed by atoms with E-state index in [1.54, 1.807) is 32.9 Å². The summed E-state index contributed by atoms with van der Waals surface area (Å²) < 4.78 is 6.07. The van der Waals surface area contributed by atoms with Crippen molar-refractivity contribution in [3.05, 3.63) is 28.7 Å². The van der Waals surface area contributed by atoms with Crippen molar-refractivity contribution in [3.8, 4) is 0 Å². The molecular weight excluding hydrogens is 324 g/mol. The van der Waals surface area contributed by atoms with Gasteiger partial charge in [0.25, 0.3) is 0 Å². The summed E-state index contributed by atoms with van der Waals surface area (Å²) in [5.74, 6) is -0.332. The van der Waals surface area contributed by atoms with E-state index in [1.807, 2.05) is 12.1 Å². The number of rotatable bonds is 4. The van der Waals surface area contributed by atoms with Crippen LogP contribution in [-0.4, -0.2) is 24.1 Å². The Hall–Kier alpha value is -1.56. The molecule has 5 nitrogen and oxygen atoms in total. The van der Waals surface area contributed by atoms with Crippen LogP contribution in [0.1, 0.15) is 27.2 Å². The molecule has 0 saturated carbocycles. The summed E-state index contributed by atoms with van der Waals surface area (Å²) in [4.78, 5) is 23.0. The number of anilines is 1. The molecule has 110 valence electrons. The zero-order valence-electron chi connectivity index (χ0n) is 11.8.